The third-order valence-corrected chi connectivity index (χ3v) is 6.65. The fourth-order valence-electron chi connectivity index (χ4n) is 5.20. The summed E-state index contributed by atoms with van der Waals surface area (Å²) in [6.07, 6.45) is 3.48. The van der Waals surface area contributed by atoms with E-state index in [1.807, 2.05) is 43.3 Å². The number of esters is 2. The highest BCUT2D eigenvalue weighted by Gasteiger charge is 2.49. The van der Waals surface area contributed by atoms with Crippen LogP contribution in [-0.4, -0.2) is 35.9 Å². The van der Waals surface area contributed by atoms with E-state index >= 15 is 0 Å². The first-order chi connectivity index (χ1) is 17.5. The number of ketones is 1. The molecule has 0 saturated heterocycles. The Hall–Kier alpha value is -3.74. The van der Waals surface area contributed by atoms with Gasteiger partial charge in [-0.15, -0.1) is 0 Å². The number of carbonyl (C=O) groups excluding carboxylic acids is 3. The molecule has 7 nitrogen and oxygen atoms in total. The lowest BCUT2D eigenvalue weighted by Crippen LogP contribution is -2.44. The highest BCUT2D eigenvalue weighted by atomic mass is 16.5. The molecule has 36 heavy (non-hydrogen) atoms. The largest absolute Gasteiger partial charge is 0.465 e. The number of nitrogens with zero attached hydrogens (tertiary/aromatic N) is 1. The minimum atomic E-state index is -1.02. The molecule has 1 aliphatic carbocycles. The second-order valence-corrected chi connectivity index (χ2v) is 8.88. The number of dihydropyridines is 1. The number of hydrogen-bond acceptors (Lipinski definition) is 7. The van der Waals surface area contributed by atoms with Gasteiger partial charge in [-0.1, -0.05) is 49.7 Å². The molecule has 188 valence electrons. The summed E-state index contributed by atoms with van der Waals surface area (Å²) in [4.78, 5) is 45.2. The number of hydrogen-bond donors (Lipinski definition) is 1. The fraction of sp³-hybridized carbons (Fsp3) is 0.379. The van der Waals surface area contributed by atoms with Gasteiger partial charge in [0.1, 0.15) is 5.92 Å². The normalized spacial score (nSPS) is 21.5. The van der Waals surface area contributed by atoms with E-state index in [2.05, 4.69) is 10.3 Å². The maximum Gasteiger partial charge on any atom is 0.336 e. The van der Waals surface area contributed by atoms with Gasteiger partial charge in [0.05, 0.1) is 30.4 Å². The first-order valence-electron chi connectivity index (χ1n) is 12.6. The van der Waals surface area contributed by atoms with Gasteiger partial charge in [-0.3, -0.25) is 14.6 Å². The van der Waals surface area contributed by atoms with Gasteiger partial charge < -0.3 is 14.8 Å². The van der Waals surface area contributed by atoms with Crippen molar-refractivity contribution in [1.29, 1.82) is 0 Å². The van der Waals surface area contributed by atoms with Crippen molar-refractivity contribution in [3.05, 3.63) is 88.5 Å². The SMILES string of the molecule is CCCC1=C(C(=O)OCC)[C@H](c2ccccn2)C2=C(C[C@@H](c3ccccc3)[C@H](C(=O)OCC)C2=O)N1. The van der Waals surface area contributed by atoms with E-state index in [4.69, 9.17) is 9.47 Å². The zero-order valence-electron chi connectivity index (χ0n) is 21.0. The van der Waals surface area contributed by atoms with Crippen LogP contribution in [0.3, 0.4) is 0 Å². The first-order valence-corrected chi connectivity index (χ1v) is 12.6. The average Bonchev–Trinajstić information content (AvgIpc) is 2.89. The Morgan fingerprint density at radius 3 is 2.36 bits per heavy atom. The molecule has 2 aromatic rings. The predicted molar refractivity (Wildman–Crippen MR) is 135 cm³/mol. The van der Waals surface area contributed by atoms with Crippen LogP contribution in [0, 0.1) is 5.92 Å². The Labute approximate surface area is 211 Å². The van der Waals surface area contributed by atoms with Crippen molar-refractivity contribution in [3.8, 4) is 0 Å². The van der Waals surface area contributed by atoms with Crippen LogP contribution in [-0.2, 0) is 23.9 Å². The molecule has 1 N–H and O–H groups in total. The topological polar surface area (TPSA) is 94.6 Å². The van der Waals surface area contributed by atoms with E-state index in [1.165, 1.54) is 0 Å². The number of Topliss-reactive ketones (excluding diaryl/α,β-unsaturated/α-hetero) is 1. The van der Waals surface area contributed by atoms with Crippen LogP contribution in [0.25, 0.3) is 0 Å². The zero-order chi connectivity index (χ0) is 25.7. The molecule has 1 aromatic heterocycles. The lowest BCUT2D eigenvalue weighted by molar-refractivity contribution is -0.152. The molecule has 2 heterocycles. The molecule has 0 radical (unpaired) electrons. The summed E-state index contributed by atoms with van der Waals surface area (Å²) >= 11 is 0. The van der Waals surface area contributed by atoms with Crippen LogP contribution in [0.4, 0.5) is 0 Å². The third kappa shape index (κ3) is 4.83. The van der Waals surface area contributed by atoms with Gasteiger partial charge >= 0.3 is 11.9 Å². The number of benzene rings is 1. The van der Waals surface area contributed by atoms with E-state index in [1.54, 1.807) is 32.2 Å². The summed E-state index contributed by atoms with van der Waals surface area (Å²) in [6, 6.07) is 15.0. The number of ether oxygens (including phenoxy) is 2. The van der Waals surface area contributed by atoms with E-state index in [-0.39, 0.29) is 24.9 Å². The van der Waals surface area contributed by atoms with Gasteiger partial charge in [-0.25, -0.2) is 4.79 Å². The van der Waals surface area contributed by atoms with E-state index < -0.39 is 23.8 Å². The molecule has 3 atom stereocenters. The van der Waals surface area contributed by atoms with Gasteiger partial charge in [-0.2, -0.15) is 0 Å². The monoisotopic (exact) mass is 488 g/mol. The Kier molecular flexibility index (Phi) is 7.98. The average molecular weight is 489 g/mol. The smallest absolute Gasteiger partial charge is 0.336 e. The van der Waals surface area contributed by atoms with Gasteiger partial charge in [0.2, 0.25) is 0 Å². The molecule has 0 bridgehead atoms. The molecule has 0 saturated carbocycles. The standard InChI is InChI=1S/C29H32N2O5/c1-4-12-21-26(29(34)36-6-3)24(20-15-10-11-16-30-20)25-22(31-21)17-19(18-13-8-7-9-14-18)23(27(25)32)28(33)35-5-2/h7-11,13-16,19,23-24,31H,4-6,12,17H2,1-3H3/t19-,23-,24+/m0/s1. The van der Waals surface area contributed by atoms with Crippen molar-refractivity contribution in [1.82, 2.24) is 10.3 Å². The van der Waals surface area contributed by atoms with Crippen molar-refractivity contribution in [2.24, 2.45) is 5.92 Å². The van der Waals surface area contributed by atoms with E-state index in [9.17, 15) is 14.4 Å². The third-order valence-electron chi connectivity index (χ3n) is 6.65. The lowest BCUT2D eigenvalue weighted by atomic mass is 9.67. The van der Waals surface area contributed by atoms with Gasteiger partial charge in [0.15, 0.2) is 5.78 Å². The van der Waals surface area contributed by atoms with Crippen molar-refractivity contribution in [2.45, 2.75) is 51.9 Å². The number of nitrogens with one attached hydrogen (secondary N) is 1. The molecule has 0 fully saturated rings. The maximum absolute atomic E-state index is 14.2. The highest BCUT2D eigenvalue weighted by Crippen LogP contribution is 2.48. The lowest BCUT2D eigenvalue weighted by Gasteiger charge is -2.39. The summed E-state index contributed by atoms with van der Waals surface area (Å²) < 4.78 is 10.8. The van der Waals surface area contributed by atoms with Crippen LogP contribution in [0.5, 0.6) is 0 Å². The first kappa shape index (κ1) is 25.4. The number of pyridine rings is 1. The second kappa shape index (κ2) is 11.3. The highest BCUT2D eigenvalue weighted by molar-refractivity contribution is 6.13. The zero-order valence-corrected chi connectivity index (χ0v) is 21.0. The predicted octanol–water partition coefficient (Wildman–Crippen LogP) is 4.58. The molecule has 1 aromatic carbocycles. The van der Waals surface area contributed by atoms with E-state index in [0.717, 1.165) is 23.4 Å². The molecule has 4 rings (SSSR count). The molecule has 7 heteroatoms. The Morgan fingerprint density at radius 2 is 1.72 bits per heavy atom. The van der Waals surface area contributed by atoms with Gasteiger partial charge in [0.25, 0.3) is 0 Å². The Morgan fingerprint density at radius 1 is 1.00 bits per heavy atom. The molecule has 0 unspecified atom stereocenters. The minimum absolute atomic E-state index is 0.173. The summed E-state index contributed by atoms with van der Waals surface area (Å²) in [5.41, 5.74) is 3.69. The number of rotatable bonds is 8. The van der Waals surface area contributed by atoms with Crippen LogP contribution in [0.15, 0.2) is 77.3 Å². The maximum atomic E-state index is 14.2. The summed E-state index contributed by atoms with van der Waals surface area (Å²) in [5, 5.41) is 3.42. The molecule has 2 aliphatic rings. The van der Waals surface area contributed by atoms with Crippen LogP contribution >= 0.6 is 0 Å². The number of carbonyl (C=O) groups is 3. The summed E-state index contributed by atoms with van der Waals surface area (Å²) in [7, 11) is 0. The second-order valence-electron chi connectivity index (χ2n) is 8.88. The minimum Gasteiger partial charge on any atom is -0.465 e. The van der Waals surface area contributed by atoms with Crippen molar-refractivity contribution in [3.63, 3.8) is 0 Å². The number of allylic oxidation sites excluding steroid dienone is 3. The molecular formula is C29H32N2O5. The quantitative estimate of drug-likeness (QED) is 0.429. The van der Waals surface area contributed by atoms with Crippen LogP contribution in [0.2, 0.25) is 0 Å². The van der Waals surface area contributed by atoms with Crippen LogP contribution < -0.4 is 5.32 Å². The molecular weight excluding hydrogens is 456 g/mol. The van der Waals surface area contributed by atoms with Crippen molar-refractivity contribution >= 4 is 17.7 Å². The summed E-state index contributed by atoms with van der Waals surface area (Å²) in [5.74, 6) is -3.52. The van der Waals surface area contributed by atoms with Crippen molar-refractivity contribution < 1.29 is 23.9 Å². The Balaban J connectivity index is 1.91. The van der Waals surface area contributed by atoms with Gasteiger partial charge in [-0.05, 0) is 44.4 Å². The number of aromatic nitrogens is 1. The molecule has 0 amide bonds. The Bertz CT molecular complexity index is 1190. The van der Waals surface area contributed by atoms with Crippen LogP contribution in [0.1, 0.15) is 63.1 Å². The summed E-state index contributed by atoms with van der Waals surface area (Å²) in [6.45, 7) is 5.89. The fourth-order valence-corrected chi connectivity index (χ4v) is 5.20. The van der Waals surface area contributed by atoms with E-state index in [0.29, 0.717) is 29.7 Å². The molecule has 1 aliphatic heterocycles. The van der Waals surface area contributed by atoms with Gasteiger partial charge in [0, 0.05) is 29.1 Å². The van der Waals surface area contributed by atoms with Crippen molar-refractivity contribution in [2.75, 3.05) is 13.2 Å². The molecule has 0 spiro atoms.